The van der Waals surface area contributed by atoms with E-state index < -0.39 is 5.66 Å². The van der Waals surface area contributed by atoms with Crippen molar-refractivity contribution in [3.05, 3.63) is 65.2 Å². The van der Waals surface area contributed by atoms with Crippen LogP contribution in [-0.4, -0.2) is 25.2 Å². The van der Waals surface area contributed by atoms with Crippen LogP contribution in [0.25, 0.3) is 6.08 Å². The van der Waals surface area contributed by atoms with Crippen LogP contribution in [0, 0.1) is 0 Å². The van der Waals surface area contributed by atoms with Gasteiger partial charge in [0, 0.05) is 11.1 Å². The molecule has 2 aromatic rings. The van der Waals surface area contributed by atoms with Crippen LogP contribution >= 0.6 is 0 Å². The maximum absolute atomic E-state index is 12.4. The first-order valence-corrected chi connectivity index (χ1v) is 9.46. The largest absolute Gasteiger partial charge is 0.497 e. The average molecular weight is 362 g/mol. The molecule has 0 unspecified atom stereocenters. The quantitative estimate of drug-likeness (QED) is 0.897. The number of amides is 1. The first-order valence-electron chi connectivity index (χ1n) is 9.46. The standard InChI is InChI=1S/C23H26N2O2/c1-5-16-9-10-20-19(14-16)22(2,3)23(24-21(26)15-25(20)23)12-11-17-7-6-8-18(13-17)27-4/h6-14H,5,15H2,1-4H3,(H,24,26)/t23-/m1/s1. The Morgan fingerprint density at radius 1 is 1.22 bits per heavy atom. The van der Waals surface area contributed by atoms with E-state index in [2.05, 4.69) is 61.3 Å². The monoisotopic (exact) mass is 362 g/mol. The van der Waals surface area contributed by atoms with Crippen molar-refractivity contribution < 1.29 is 9.53 Å². The van der Waals surface area contributed by atoms with Crippen LogP contribution in [0.5, 0.6) is 5.75 Å². The number of benzene rings is 2. The summed E-state index contributed by atoms with van der Waals surface area (Å²) in [7, 11) is 1.67. The van der Waals surface area contributed by atoms with Gasteiger partial charge in [-0.15, -0.1) is 0 Å². The van der Waals surface area contributed by atoms with Crippen molar-refractivity contribution in [2.24, 2.45) is 0 Å². The van der Waals surface area contributed by atoms with Crippen LogP contribution in [-0.2, 0) is 16.6 Å². The zero-order valence-electron chi connectivity index (χ0n) is 16.4. The predicted octanol–water partition coefficient (Wildman–Crippen LogP) is 3.89. The Bertz CT molecular complexity index is 932. The number of nitrogens with one attached hydrogen (secondary N) is 1. The highest BCUT2D eigenvalue weighted by molar-refractivity contribution is 5.91. The lowest BCUT2D eigenvalue weighted by atomic mass is 9.75. The molecule has 1 N–H and O–H groups in total. The molecule has 4 rings (SSSR count). The van der Waals surface area contributed by atoms with E-state index in [-0.39, 0.29) is 11.3 Å². The summed E-state index contributed by atoms with van der Waals surface area (Å²) >= 11 is 0. The van der Waals surface area contributed by atoms with Gasteiger partial charge in [-0.05, 0) is 47.4 Å². The van der Waals surface area contributed by atoms with E-state index >= 15 is 0 Å². The lowest BCUT2D eigenvalue weighted by molar-refractivity contribution is -0.118. The molecule has 0 aromatic heterocycles. The van der Waals surface area contributed by atoms with E-state index in [9.17, 15) is 4.79 Å². The van der Waals surface area contributed by atoms with Crippen LogP contribution < -0.4 is 15.0 Å². The molecule has 27 heavy (non-hydrogen) atoms. The second kappa shape index (κ2) is 6.15. The SMILES string of the molecule is CCc1ccc2c(c1)C(C)(C)[C@]1(C=Cc3cccc(OC)c3)NC(=O)CN21. The van der Waals surface area contributed by atoms with Crippen molar-refractivity contribution in [2.75, 3.05) is 18.6 Å². The zero-order valence-corrected chi connectivity index (χ0v) is 16.4. The van der Waals surface area contributed by atoms with Gasteiger partial charge >= 0.3 is 0 Å². The molecule has 1 amide bonds. The molecule has 2 aliphatic heterocycles. The minimum absolute atomic E-state index is 0.0589. The summed E-state index contributed by atoms with van der Waals surface area (Å²) in [5.74, 6) is 0.882. The predicted molar refractivity (Wildman–Crippen MR) is 109 cm³/mol. The number of anilines is 1. The third-order valence-electron chi connectivity index (χ3n) is 6.05. The van der Waals surface area contributed by atoms with Gasteiger partial charge in [0.25, 0.3) is 0 Å². The number of hydrogen-bond donors (Lipinski definition) is 1. The van der Waals surface area contributed by atoms with E-state index in [0.29, 0.717) is 6.54 Å². The highest BCUT2D eigenvalue weighted by atomic mass is 16.5. The third-order valence-corrected chi connectivity index (χ3v) is 6.05. The number of rotatable bonds is 4. The number of hydrogen-bond acceptors (Lipinski definition) is 3. The summed E-state index contributed by atoms with van der Waals surface area (Å²) in [6.07, 6.45) is 5.22. The van der Waals surface area contributed by atoms with Gasteiger partial charge in [-0.1, -0.05) is 51.1 Å². The molecule has 0 aliphatic carbocycles. The first kappa shape index (κ1) is 17.7. The minimum atomic E-state index is -0.568. The van der Waals surface area contributed by atoms with Gasteiger partial charge in [0.1, 0.15) is 11.4 Å². The molecule has 2 aliphatic rings. The zero-order chi connectivity index (χ0) is 19.2. The van der Waals surface area contributed by atoms with Gasteiger partial charge in [0.05, 0.1) is 13.7 Å². The Kier molecular flexibility index (Phi) is 4.02. The van der Waals surface area contributed by atoms with Crippen LogP contribution in [0.1, 0.15) is 37.5 Å². The molecule has 0 radical (unpaired) electrons. The van der Waals surface area contributed by atoms with E-state index in [1.165, 1.54) is 11.1 Å². The fraction of sp³-hybridized carbons (Fsp3) is 0.348. The number of carbonyl (C=O) groups is 1. The summed E-state index contributed by atoms with van der Waals surface area (Å²) in [6, 6.07) is 14.6. The maximum Gasteiger partial charge on any atom is 0.241 e. The third kappa shape index (κ3) is 2.54. The Hall–Kier alpha value is -2.75. The molecule has 0 spiro atoms. The Balaban J connectivity index is 1.81. The average Bonchev–Trinajstić information content (AvgIpc) is 3.10. The molecule has 4 nitrogen and oxygen atoms in total. The highest BCUT2D eigenvalue weighted by Crippen LogP contribution is 2.53. The van der Waals surface area contributed by atoms with Gasteiger partial charge in [0.15, 0.2) is 0 Å². The lowest BCUT2D eigenvalue weighted by Crippen LogP contribution is -2.58. The smallest absolute Gasteiger partial charge is 0.241 e. The molecule has 0 saturated carbocycles. The Labute approximate surface area is 160 Å². The van der Waals surface area contributed by atoms with Crippen molar-refractivity contribution in [1.29, 1.82) is 0 Å². The van der Waals surface area contributed by atoms with Crippen LogP contribution in [0.4, 0.5) is 5.69 Å². The van der Waals surface area contributed by atoms with Crippen molar-refractivity contribution in [3.8, 4) is 5.75 Å². The molecule has 1 saturated heterocycles. The van der Waals surface area contributed by atoms with Gasteiger partial charge in [0.2, 0.25) is 5.91 Å². The summed E-state index contributed by atoms with van der Waals surface area (Å²) in [5, 5.41) is 3.27. The number of carbonyl (C=O) groups excluding carboxylic acids is 1. The van der Waals surface area contributed by atoms with E-state index in [4.69, 9.17) is 4.74 Å². The number of ether oxygens (including phenoxy) is 1. The second-order valence-electron chi connectivity index (χ2n) is 7.84. The summed E-state index contributed by atoms with van der Waals surface area (Å²) in [4.78, 5) is 14.6. The van der Waals surface area contributed by atoms with E-state index in [0.717, 1.165) is 23.4 Å². The normalized spacial score (nSPS) is 22.7. The fourth-order valence-electron chi connectivity index (χ4n) is 4.40. The first-order chi connectivity index (χ1) is 12.9. The van der Waals surface area contributed by atoms with Crippen molar-refractivity contribution in [3.63, 3.8) is 0 Å². The fourth-order valence-corrected chi connectivity index (χ4v) is 4.40. The Morgan fingerprint density at radius 3 is 2.78 bits per heavy atom. The van der Waals surface area contributed by atoms with Crippen molar-refractivity contribution in [1.82, 2.24) is 5.32 Å². The second-order valence-corrected chi connectivity index (χ2v) is 7.84. The van der Waals surface area contributed by atoms with Gasteiger partial charge < -0.3 is 15.0 Å². The van der Waals surface area contributed by atoms with Gasteiger partial charge in [-0.25, -0.2) is 0 Å². The number of nitrogens with zero attached hydrogens (tertiary/aromatic N) is 1. The van der Waals surface area contributed by atoms with Crippen molar-refractivity contribution in [2.45, 2.75) is 38.3 Å². The molecule has 140 valence electrons. The Morgan fingerprint density at radius 2 is 2.04 bits per heavy atom. The van der Waals surface area contributed by atoms with E-state index in [1.807, 2.05) is 24.3 Å². The lowest BCUT2D eigenvalue weighted by Gasteiger charge is -2.40. The topological polar surface area (TPSA) is 41.6 Å². The molecule has 4 heteroatoms. The molecular formula is C23H26N2O2. The maximum atomic E-state index is 12.4. The summed E-state index contributed by atoms with van der Waals surface area (Å²) in [5.41, 5.74) is 3.98. The molecule has 2 aromatic carbocycles. The highest BCUT2D eigenvalue weighted by Gasteiger charge is 2.59. The van der Waals surface area contributed by atoms with Crippen LogP contribution in [0.2, 0.25) is 0 Å². The summed E-state index contributed by atoms with van der Waals surface area (Å²) < 4.78 is 5.33. The number of fused-ring (bicyclic) bond motifs is 3. The summed E-state index contributed by atoms with van der Waals surface area (Å²) in [6.45, 7) is 6.98. The van der Waals surface area contributed by atoms with Crippen LogP contribution in [0.15, 0.2) is 48.5 Å². The van der Waals surface area contributed by atoms with E-state index in [1.54, 1.807) is 7.11 Å². The molecule has 0 bridgehead atoms. The number of aryl methyl sites for hydroxylation is 1. The van der Waals surface area contributed by atoms with Crippen LogP contribution in [0.3, 0.4) is 0 Å². The number of methoxy groups -OCH3 is 1. The van der Waals surface area contributed by atoms with Crippen molar-refractivity contribution >= 4 is 17.7 Å². The molecular weight excluding hydrogens is 336 g/mol. The molecule has 1 atom stereocenters. The minimum Gasteiger partial charge on any atom is -0.497 e. The molecule has 1 fully saturated rings. The van der Waals surface area contributed by atoms with Gasteiger partial charge in [-0.3, -0.25) is 4.79 Å². The van der Waals surface area contributed by atoms with Gasteiger partial charge in [-0.2, -0.15) is 0 Å². The molecule has 2 heterocycles.